The van der Waals surface area contributed by atoms with Crippen molar-refractivity contribution in [1.82, 2.24) is 5.32 Å². The summed E-state index contributed by atoms with van der Waals surface area (Å²) in [5.41, 5.74) is 1.38. The van der Waals surface area contributed by atoms with Crippen LogP contribution in [0, 0.1) is 5.92 Å². The minimum Gasteiger partial charge on any atom is -0.310 e. The summed E-state index contributed by atoms with van der Waals surface area (Å²) in [5.74, 6) is 0.833. The lowest BCUT2D eigenvalue weighted by Crippen LogP contribution is -2.25. The fraction of sp³-hybridized carbons (Fsp3) is 0.692. The Kier molecular flexibility index (Phi) is 6.62. The van der Waals surface area contributed by atoms with Gasteiger partial charge in [-0.15, -0.1) is 11.3 Å². The van der Waals surface area contributed by atoms with Crippen molar-refractivity contribution in [3.63, 3.8) is 0 Å². The fourth-order valence-electron chi connectivity index (χ4n) is 1.66. The summed E-state index contributed by atoms with van der Waals surface area (Å²) in [6, 6.07) is 2.82. The topological polar surface area (TPSA) is 12.0 Å². The summed E-state index contributed by atoms with van der Waals surface area (Å²) in [6.45, 7) is 7.86. The second kappa shape index (κ2) is 7.46. The van der Waals surface area contributed by atoms with Gasteiger partial charge in [0.1, 0.15) is 0 Å². The molecule has 0 aromatic carbocycles. The van der Waals surface area contributed by atoms with E-state index in [0.29, 0.717) is 6.04 Å². The molecule has 1 aromatic heterocycles. The van der Waals surface area contributed by atoms with Crippen LogP contribution in [0.15, 0.2) is 15.2 Å². The summed E-state index contributed by atoms with van der Waals surface area (Å²) in [6.07, 6.45) is 3.96. The second-order valence-electron chi connectivity index (χ2n) is 4.87. The average molecular weight is 304 g/mol. The quantitative estimate of drug-likeness (QED) is 0.762. The molecule has 0 aliphatic heterocycles. The number of rotatable bonds is 7. The molecule has 92 valence electrons. The molecular formula is C13H22BrNS. The van der Waals surface area contributed by atoms with Gasteiger partial charge >= 0.3 is 0 Å². The molecule has 0 amide bonds. The van der Waals surface area contributed by atoms with E-state index in [1.807, 2.05) is 0 Å². The van der Waals surface area contributed by atoms with Crippen LogP contribution >= 0.6 is 27.3 Å². The van der Waals surface area contributed by atoms with Crippen LogP contribution in [0.5, 0.6) is 0 Å². The molecule has 1 nitrogen and oxygen atoms in total. The molecule has 1 N–H and O–H groups in total. The standard InChI is InChI=1S/C13H22BrNS/c1-10(2)5-4-6-11(3)15-8-12-7-13(14)16-9-12/h7,9-11,15H,4-6,8H2,1-3H3. The average Bonchev–Trinajstić information content (AvgIpc) is 2.61. The Morgan fingerprint density at radius 2 is 2.06 bits per heavy atom. The molecule has 1 unspecified atom stereocenters. The van der Waals surface area contributed by atoms with Gasteiger partial charge in [0.2, 0.25) is 0 Å². The Bertz CT molecular complexity index is 296. The second-order valence-corrected chi connectivity index (χ2v) is 7.16. The van der Waals surface area contributed by atoms with Crippen molar-refractivity contribution in [3.8, 4) is 0 Å². The fourth-order valence-corrected chi connectivity index (χ4v) is 2.87. The minimum atomic E-state index is 0.623. The third-order valence-corrected chi connectivity index (χ3v) is 4.25. The van der Waals surface area contributed by atoms with Crippen molar-refractivity contribution in [1.29, 1.82) is 0 Å². The monoisotopic (exact) mass is 303 g/mol. The van der Waals surface area contributed by atoms with Crippen LogP contribution < -0.4 is 5.32 Å². The van der Waals surface area contributed by atoms with E-state index in [9.17, 15) is 0 Å². The van der Waals surface area contributed by atoms with E-state index >= 15 is 0 Å². The lowest BCUT2D eigenvalue weighted by Gasteiger charge is -2.13. The minimum absolute atomic E-state index is 0.623. The van der Waals surface area contributed by atoms with Crippen molar-refractivity contribution in [2.24, 2.45) is 5.92 Å². The molecule has 0 saturated carbocycles. The highest BCUT2D eigenvalue weighted by molar-refractivity contribution is 9.11. The van der Waals surface area contributed by atoms with Gasteiger partial charge in [0, 0.05) is 12.6 Å². The van der Waals surface area contributed by atoms with Gasteiger partial charge in [-0.2, -0.15) is 0 Å². The Morgan fingerprint density at radius 3 is 2.62 bits per heavy atom. The predicted octanol–water partition coefficient (Wildman–Crippen LogP) is 4.82. The molecule has 0 saturated heterocycles. The highest BCUT2D eigenvalue weighted by Crippen LogP contribution is 2.20. The first-order chi connectivity index (χ1) is 7.58. The zero-order valence-corrected chi connectivity index (χ0v) is 12.8. The zero-order chi connectivity index (χ0) is 12.0. The summed E-state index contributed by atoms with van der Waals surface area (Å²) < 4.78 is 1.22. The number of thiophene rings is 1. The molecule has 0 radical (unpaired) electrons. The molecular weight excluding hydrogens is 282 g/mol. The van der Waals surface area contributed by atoms with Crippen molar-refractivity contribution < 1.29 is 0 Å². The van der Waals surface area contributed by atoms with E-state index < -0.39 is 0 Å². The summed E-state index contributed by atoms with van der Waals surface area (Å²) in [7, 11) is 0. The van der Waals surface area contributed by atoms with Gasteiger partial charge in [-0.1, -0.05) is 26.7 Å². The van der Waals surface area contributed by atoms with Crippen molar-refractivity contribution in [2.75, 3.05) is 0 Å². The van der Waals surface area contributed by atoms with E-state index in [4.69, 9.17) is 0 Å². The molecule has 0 aliphatic carbocycles. The maximum absolute atomic E-state index is 3.57. The van der Waals surface area contributed by atoms with E-state index in [1.54, 1.807) is 11.3 Å². The van der Waals surface area contributed by atoms with Gasteiger partial charge < -0.3 is 5.32 Å². The summed E-state index contributed by atoms with van der Waals surface area (Å²) in [5, 5.41) is 5.78. The zero-order valence-electron chi connectivity index (χ0n) is 10.4. The lowest BCUT2D eigenvalue weighted by atomic mass is 10.0. The van der Waals surface area contributed by atoms with Crippen LogP contribution in [0.4, 0.5) is 0 Å². The van der Waals surface area contributed by atoms with Crippen LogP contribution in [-0.4, -0.2) is 6.04 Å². The van der Waals surface area contributed by atoms with Crippen molar-refractivity contribution in [3.05, 3.63) is 20.8 Å². The SMILES string of the molecule is CC(C)CCCC(C)NCc1csc(Br)c1. The maximum atomic E-state index is 3.57. The van der Waals surface area contributed by atoms with E-state index in [0.717, 1.165) is 12.5 Å². The third-order valence-electron chi connectivity index (χ3n) is 2.70. The number of nitrogens with one attached hydrogen (secondary N) is 1. The van der Waals surface area contributed by atoms with Gasteiger partial charge in [0.05, 0.1) is 3.79 Å². The molecule has 0 bridgehead atoms. The molecule has 1 heterocycles. The highest BCUT2D eigenvalue weighted by atomic mass is 79.9. The first-order valence-electron chi connectivity index (χ1n) is 6.04. The largest absolute Gasteiger partial charge is 0.310 e. The summed E-state index contributed by atoms with van der Waals surface area (Å²) >= 11 is 5.24. The predicted molar refractivity (Wildman–Crippen MR) is 77.0 cm³/mol. The van der Waals surface area contributed by atoms with E-state index in [-0.39, 0.29) is 0 Å². The van der Waals surface area contributed by atoms with Crippen LogP contribution in [0.1, 0.15) is 45.6 Å². The van der Waals surface area contributed by atoms with Gasteiger partial charge in [0.15, 0.2) is 0 Å². The van der Waals surface area contributed by atoms with Gasteiger partial charge in [0.25, 0.3) is 0 Å². The number of hydrogen-bond acceptors (Lipinski definition) is 2. The molecule has 1 rings (SSSR count). The molecule has 1 atom stereocenters. The lowest BCUT2D eigenvalue weighted by molar-refractivity contribution is 0.457. The number of hydrogen-bond donors (Lipinski definition) is 1. The first kappa shape index (κ1) is 14.2. The van der Waals surface area contributed by atoms with E-state index in [1.165, 1.54) is 28.6 Å². The van der Waals surface area contributed by atoms with Crippen LogP contribution in [0.2, 0.25) is 0 Å². The smallest absolute Gasteiger partial charge is 0.0701 e. The Morgan fingerprint density at radius 1 is 1.31 bits per heavy atom. The Hall–Kier alpha value is 0.140. The highest BCUT2D eigenvalue weighted by Gasteiger charge is 2.03. The molecule has 16 heavy (non-hydrogen) atoms. The third kappa shape index (κ3) is 6.02. The van der Waals surface area contributed by atoms with Gasteiger partial charge in [-0.05, 0) is 52.2 Å². The van der Waals surface area contributed by atoms with Gasteiger partial charge in [-0.3, -0.25) is 0 Å². The van der Waals surface area contributed by atoms with E-state index in [2.05, 4.69) is 53.5 Å². The normalized spacial score (nSPS) is 13.3. The molecule has 3 heteroatoms. The van der Waals surface area contributed by atoms with Gasteiger partial charge in [-0.25, -0.2) is 0 Å². The van der Waals surface area contributed by atoms with Crippen molar-refractivity contribution in [2.45, 2.75) is 52.6 Å². The first-order valence-corrected chi connectivity index (χ1v) is 7.71. The molecule has 0 spiro atoms. The maximum Gasteiger partial charge on any atom is 0.0701 e. The molecule has 0 fully saturated rings. The summed E-state index contributed by atoms with van der Waals surface area (Å²) in [4.78, 5) is 0. The Labute approximate surface area is 112 Å². The van der Waals surface area contributed by atoms with Crippen LogP contribution in [0.3, 0.4) is 0 Å². The molecule has 1 aromatic rings. The van der Waals surface area contributed by atoms with Crippen molar-refractivity contribution >= 4 is 27.3 Å². The molecule has 0 aliphatic rings. The van der Waals surface area contributed by atoms with Crippen LogP contribution in [-0.2, 0) is 6.54 Å². The Balaban J connectivity index is 2.12. The number of halogens is 1. The van der Waals surface area contributed by atoms with Crippen LogP contribution in [0.25, 0.3) is 0 Å².